The standard InChI is InChI=1S/C14H26N2O4S/c1-12(17)15-10-11-21-13(18)8-6-4-3-5-7-9-16-14(19)20-2/h3-11H2,1-2H3,(H,15,17)(H,16,19). The molecule has 0 rings (SSSR count). The zero-order valence-corrected chi connectivity index (χ0v) is 13.7. The van der Waals surface area contributed by atoms with Crippen LogP contribution in [-0.4, -0.2) is 43.1 Å². The van der Waals surface area contributed by atoms with Crippen LogP contribution in [0.15, 0.2) is 0 Å². The van der Waals surface area contributed by atoms with Crippen LogP contribution in [0.2, 0.25) is 0 Å². The highest BCUT2D eigenvalue weighted by molar-refractivity contribution is 8.13. The topological polar surface area (TPSA) is 84.5 Å². The van der Waals surface area contributed by atoms with Crippen LogP contribution in [0.5, 0.6) is 0 Å². The van der Waals surface area contributed by atoms with Gasteiger partial charge in [0.15, 0.2) is 5.12 Å². The fraction of sp³-hybridized carbons (Fsp3) is 0.786. The third-order valence-electron chi connectivity index (χ3n) is 2.75. The smallest absolute Gasteiger partial charge is 0.406 e. The van der Waals surface area contributed by atoms with Crippen molar-refractivity contribution in [2.75, 3.05) is 26.0 Å². The van der Waals surface area contributed by atoms with E-state index in [0.29, 0.717) is 25.3 Å². The zero-order chi connectivity index (χ0) is 15.9. The minimum absolute atomic E-state index is 0.0651. The summed E-state index contributed by atoms with van der Waals surface area (Å²) >= 11 is 1.28. The van der Waals surface area contributed by atoms with Gasteiger partial charge in [-0.15, -0.1) is 0 Å². The Morgan fingerprint density at radius 3 is 2.29 bits per heavy atom. The summed E-state index contributed by atoms with van der Waals surface area (Å²) in [6.07, 6.45) is 5.14. The van der Waals surface area contributed by atoms with Gasteiger partial charge in [0.05, 0.1) is 7.11 Å². The number of unbranched alkanes of at least 4 members (excludes halogenated alkanes) is 4. The lowest BCUT2D eigenvalue weighted by Gasteiger charge is -2.04. The molecule has 0 aliphatic carbocycles. The molecule has 0 bridgehead atoms. The number of hydrogen-bond donors (Lipinski definition) is 2. The first-order valence-corrected chi connectivity index (χ1v) is 8.26. The molecule has 0 aromatic rings. The number of amides is 2. The van der Waals surface area contributed by atoms with Gasteiger partial charge in [0.2, 0.25) is 5.91 Å². The van der Waals surface area contributed by atoms with Crippen LogP contribution in [0.3, 0.4) is 0 Å². The Bertz CT molecular complexity index is 324. The second kappa shape index (κ2) is 13.7. The highest BCUT2D eigenvalue weighted by atomic mass is 32.2. The lowest BCUT2D eigenvalue weighted by Crippen LogP contribution is -2.23. The molecule has 0 aromatic carbocycles. The second-order valence-corrected chi connectivity index (χ2v) is 5.79. The van der Waals surface area contributed by atoms with Crippen molar-refractivity contribution in [3.63, 3.8) is 0 Å². The molecule has 0 aliphatic rings. The molecule has 0 saturated heterocycles. The van der Waals surface area contributed by atoms with E-state index < -0.39 is 6.09 Å². The van der Waals surface area contributed by atoms with Crippen molar-refractivity contribution in [1.82, 2.24) is 10.6 Å². The minimum atomic E-state index is -0.392. The number of nitrogens with one attached hydrogen (secondary N) is 2. The van der Waals surface area contributed by atoms with E-state index in [2.05, 4.69) is 15.4 Å². The molecule has 0 fully saturated rings. The molecule has 0 radical (unpaired) electrons. The van der Waals surface area contributed by atoms with Crippen molar-refractivity contribution < 1.29 is 19.1 Å². The van der Waals surface area contributed by atoms with E-state index in [-0.39, 0.29) is 11.0 Å². The average molecular weight is 318 g/mol. The fourth-order valence-corrected chi connectivity index (χ4v) is 2.37. The maximum absolute atomic E-state index is 11.5. The Morgan fingerprint density at radius 2 is 1.62 bits per heavy atom. The van der Waals surface area contributed by atoms with Crippen LogP contribution in [0, 0.1) is 0 Å². The fourth-order valence-electron chi connectivity index (χ4n) is 1.65. The third kappa shape index (κ3) is 15.0. The predicted molar refractivity (Wildman–Crippen MR) is 84.3 cm³/mol. The molecule has 21 heavy (non-hydrogen) atoms. The van der Waals surface area contributed by atoms with E-state index in [1.54, 1.807) is 0 Å². The molecule has 0 aliphatic heterocycles. The lowest BCUT2D eigenvalue weighted by atomic mass is 10.1. The van der Waals surface area contributed by atoms with Crippen LogP contribution < -0.4 is 10.6 Å². The van der Waals surface area contributed by atoms with Gasteiger partial charge in [0, 0.05) is 32.2 Å². The first-order chi connectivity index (χ1) is 10.1. The van der Waals surface area contributed by atoms with Gasteiger partial charge in [-0.2, -0.15) is 0 Å². The Kier molecular flexibility index (Phi) is 12.9. The second-order valence-electron chi connectivity index (χ2n) is 4.64. The van der Waals surface area contributed by atoms with Gasteiger partial charge in [0.25, 0.3) is 0 Å². The van der Waals surface area contributed by atoms with Crippen LogP contribution in [0.4, 0.5) is 4.79 Å². The van der Waals surface area contributed by atoms with Crippen molar-refractivity contribution in [3.8, 4) is 0 Å². The summed E-state index contributed by atoms with van der Waals surface area (Å²) < 4.78 is 4.46. The molecule has 0 atom stereocenters. The predicted octanol–water partition coefficient (Wildman–Crippen LogP) is 2.08. The number of ether oxygens (including phenoxy) is 1. The molecule has 7 heteroatoms. The quantitative estimate of drug-likeness (QED) is 0.570. The number of alkyl carbamates (subject to hydrolysis) is 1. The first kappa shape index (κ1) is 19.8. The number of thioether (sulfide) groups is 1. The molecule has 2 amide bonds. The maximum Gasteiger partial charge on any atom is 0.406 e. The van der Waals surface area contributed by atoms with Gasteiger partial charge >= 0.3 is 6.09 Å². The number of carbonyl (C=O) groups excluding carboxylic acids is 3. The zero-order valence-electron chi connectivity index (χ0n) is 12.9. The Balaban J connectivity index is 3.25. The van der Waals surface area contributed by atoms with Gasteiger partial charge in [-0.25, -0.2) is 4.79 Å². The monoisotopic (exact) mass is 318 g/mol. The lowest BCUT2D eigenvalue weighted by molar-refractivity contribution is -0.118. The molecule has 0 spiro atoms. The molecule has 6 nitrogen and oxygen atoms in total. The van der Waals surface area contributed by atoms with Crippen molar-refractivity contribution in [2.24, 2.45) is 0 Å². The molecule has 0 unspecified atom stereocenters. The normalized spacial score (nSPS) is 10.0. The molecule has 0 saturated carbocycles. The summed E-state index contributed by atoms with van der Waals surface area (Å²) in [5.74, 6) is 0.571. The molecule has 2 N–H and O–H groups in total. The summed E-state index contributed by atoms with van der Waals surface area (Å²) in [5, 5.41) is 5.48. The van der Waals surface area contributed by atoms with Crippen LogP contribution >= 0.6 is 11.8 Å². The Hall–Kier alpha value is -1.24. The molecular weight excluding hydrogens is 292 g/mol. The van der Waals surface area contributed by atoms with E-state index in [1.165, 1.54) is 25.8 Å². The summed E-state index contributed by atoms with van der Waals surface area (Å²) in [6, 6.07) is 0. The molecule has 0 aromatic heterocycles. The van der Waals surface area contributed by atoms with Crippen LogP contribution in [0.1, 0.15) is 45.4 Å². The van der Waals surface area contributed by atoms with E-state index in [4.69, 9.17) is 0 Å². The summed E-state index contributed by atoms with van der Waals surface area (Å²) in [6.45, 7) is 2.64. The number of hydrogen-bond acceptors (Lipinski definition) is 5. The number of methoxy groups -OCH3 is 1. The summed E-state index contributed by atoms with van der Waals surface area (Å²) in [7, 11) is 1.35. The van der Waals surface area contributed by atoms with Crippen molar-refractivity contribution in [1.29, 1.82) is 0 Å². The SMILES string of the molecule is COC(=O)NCCCCCCCC(=O)SCCNC(C)=O. The summed E-state index contributed by atoms with van der Waals surface area (Å²) in [4.78, 5) is 32.9. The first-order valence-electron chi connectivity index (χ1n) is 7.28. The van der Waals surface area contributed by atoms with Crippen molar-refractivity contribution >= 4 is 28.9 Å². The van der Waals surface area contributed by atoms with Gasteiger partial charge in [-0.1, -0.05) is 31.0 Å². The average Bonchev–Trinajstić information content (AvgIpc) is 2.45. The van der Waals surface area contributed by atoms with Crippen LogP contribution in [0.25, 0.3) is 0 Å². The Labute approximate surface area is 130 Å². The third-order valence-corrected chi connectivity index (χ3v) is 3.69. The van der Waals surface area contributed by atoms with E-state index in [9.17, 15) is 14.4 Å². The van der Waals surface area contributed by atoms with Crippen molar-refractivity contribution in [2.45, 2.75) is 45.4 Å². The Morgan fingerprint density at radius 1 is 0.952 bits per heavy atom. The van der Waals surface area contributed by atoms with E-state index in [0.717, 1.165) is 32.1 Å². The summed E-state index contributed by atoms with van der Waals surface area (Å²) in [5.41, 5.74) is 0. The maximum atomic E-state index is 11.5. The van der Waals surface area contributed by atoms with Gasteiger partial charge in [-0.3, -0.25) is 9.59 Å². The number of carbonyl (C=O) groups is 3. The van der Waals surface area contributed by atoms with Crippen LogP contribution in [-0.2, 0) is 14.3 Å². The van der Waals surface area contributed by atoms with E-state index in [1.807, 2.05) is 0 Å². The molecule has 122 valence electrons. The van der Waals surface area contributed by atoms with E-state index >= 15 is 0 Å². The van der Waals surface area contributed by atoms with Crippen molar-refractivity contribution in [3.05, 3.63) is 0 Å². The van der Waals surface area contributed by atoms with Gasteiger partial charge in [0.1, 0.15) is 0 Å². The number of rotatable bonds is 11. The largest absolute Gasteiger partial charge is 0.453 e. The molecular formula is C14H26N2O4S. The van der Waals surface area contributed by atoms with Gasteiger partial charge < -0.3 is 15.4 Å². The highest BCUT2D eigenvalue weighted by Crippen LogP contribution is 2.11. The highest BCUT2D eigenvalue weighted by Gasteiger charge is 2.03. The van der Waals surface area contributed by atoms with Gasteiger partial charge in [-0.05, 0) is 12.8 Å². The minimum Gasteiger partial charge on any atom is -0.453 e. The molecule has 0 heterocycles.